The Bertz CT molecular complexity index is 1810. The van der Waals surface area contributed by atoms with Crippen LogP contribution in [-0.4, -0.2) is 81.1 Å². The van der Waals surface area contributed by atoms with Gasteiger partial charge in [0.1, 0.15) is 36.8 Å². The molecule has 15 heteroatoms. The third-order valence-electron chi connectivity index (χ3n) is 7.51. The number of benzene rings is 2. The summed E-state index contributed by atoms with van der Waals surface area (Å²) in [6, 6.07) is 12.5. The molecular formula is C27H25BrN8O5S. The Balaban J connectivity index is 1.02. The molecule has 216 valence electrons. The van der Waals surface area contributed by atoms with Crippen LogP contribution in [0.2, 0.25) is 0 Å². The second-order valence-electron chi connectivity index (χ2n) is 10.2. The minimum atomic E-state index is -1.31. The Kier molecular flexibility index (Phi) is 7.06. The van der Waals surface area contributed by atoms with Crippen molar-refractivity contribution in [1.82, 2.24) is 34.3 Å². The normalized spacial score (nSPS) is 22.3. The molecule has 0 radical (unpaired) electrons. The first kappa shape index (κ1) is 27.2. The number of fused-ring (bicyclic) bond motifs is 2. The zero-order valence-electron chi connectivity index (χ0n) is 21.9. The molecule has 13 nitrogen and oxygen atoms in total. The van der Waals surface area contributed by atoms with Gasteiger partial charge in [0.05, 0.1) is 17.8 Å². The van der Waals surface area contributed by atoms with E-state index in [0.29, 0.717) is 27.0 Å². The van der Waals surface area contributed by atoms with Crippen molar-refractivity contribution in [2.45, 2.75) is 48.5 Å². The molecule has 4 unspecified atom stereocenters. The summed E-state index contributed by atoms with van der Waals surface area (Å²) in [5.41, 5.74) is 8.79. The molecule has 2 aliphatic rings. The number of rotatable bonds is 8. The highest BCUT2D eigenvalue weighted by Crippen LogP contribution is 2.44. The Morgan fingerprint density at radius 2 is 1.90 bits per heavy atom. The van der Waals surface area contributed by atoms with E-state index in [1.165, 1.54) is 52.8 Å². The fourth-order valence-electron chi connectivity index (χ4n) is 5.29. The van der Waals surface area contributed by atoms with E-state index in [2.05, 4.69) is 65.3 Å². The third kappa shape index (κ3) is 4.80. The van der Waals surface area contributed by atoms with E-state index in [1.54, 1.807) is 0 Å². The summed E-state index contributed by atoms with van der Waals surface area (Å²) in [6.07, 6.45) is 0.491. The Morgan fingerprint density at radius 3 is 2.71 bits per heavy atom. The van der Waals surface area contributed by atoms with Crippen molar-refractivity contribution in [2.75, 3.05) is 18.1 Å². The van der Waals surface area contributed by atoms with Crippen molar-refractivity contribution < 1.29 is 24.5 Å². The number of nitrogen functional groups attached to an aromatic ring is 1. The molecule has 0 spiro atoms. The van der Waals surface area contributed by atoms with Gasteiger partial charge in [-0.2, -0.15) is 0 Å². The number of carbonyl (C=O) groups is 1. The number of hydrogen-bond acceptors (Lipinski definition) is 12. The van der Waals surface area contributed by atoms with E-state index in [4.69, 9.17) is 15.2 Å². The van der Waals surface area contributed by atoms with Crippen molar-refractivity contribution in [1.29, 1.82) is 0 Å². The van der Waals surface area contributed by atoms with Crippen molar-refractivity contribution >= 4 is 61.4 Å². The van der Waals surface area contributed by atoms with Crippen LogP contribution in [0.4, 0.5) is 5.82 Å². The lowest BCUT2D eigenvalue weighted by atomic mass is 9.99. The van der Waals surface area contributed by atoms with Crippen molar-refractivity contribution in [3.05, 3.63) is 59.3 Å². The van der Waals surface area contributed by atoms with Gasteiger partial charge < -0.3 is 25.4 Å². The average Bonchev–Trinajstić information content (AvgIpc) is 3.55. The van der Waals surface area contributed by atoms with Gasteiger partial charge in [-0.1, -0.05) is 42.1 Å². The number of esters is 1. The number of nitrogens with two attached hydrogens (primary N) is 1. The molecule has 0 bridgehead atoms. The fourth-order valence-corrected chi connectivity index (χ4v) is 6.59. The maximum Gasteiger partial charge on any atom is 0.316 e. The summed E-state index contributed by atoms with van der Waals surface area (Å²) in [5.74, 6) is 0.186. The van der Waals surface area contributed by atoms with Crippen molar-refractivity contribution in [3.8, 4) is 5.69 Å². The van der Waals surface area contributed by atoms with Crippen molar-refractivity contribution in [3.63, 3.8) is 0 Å². The largest absolute Gasteiger partial charge is 0.462 e. The number of hydrogen-bond donors (Lipinski definition) is 3. The molecule has 2 fully saturated rings. The zero-order chi connectivity index (χ0) is 29.0. The van der Waals surface area contributed by atoms with Gasteiger partial charge >= 0.3 is 5.97 Å². The molecule has 4 atom stereocenters. The van der Waals surface area contributed by atoms with E-state index in [9.17, 15) is 15.0 Å². The number of aromatic nitrogens is 7. The monoisotopic (exact) mass is 652 g/mol. The summed E-state index contributed by atoms with van der Waals surface area (Å²) >= 11 is 4.69. The molecular weight excluding hydrogens is 628 g/mol. The number of carbonyl (C=O) groups excluding carboxylic acids is 1. The molecule has 4 heterocycles. The van der Waals surface area contributed by atoms with Gasteiger partial charge in [0, 0.05) is 5.39 Å². The first-order valence-electron chi connectivity index (χ1n) is 13.3. The van der Waals surface area contributed by atoms with Crippen LogP contribution in [0.5, 0.6) is 0 Å². The van der Waals surface area contributed by atoms with E-state index < -0.39 is 30.5 Å². The van der Waals surface area contributed by atoms with Crippen LogP contribution in [0.15, 0.2) is 58.9 Å². The van der Waals surface area contributed by atoms with Gasteiger partial charge in [0.15, 0.2) is 22.8 Å². The predicted octanol–water partition coefficient (Wildman–Crippen LogP) is 2.74. The summed E-state index contributed by atoms with van der Waals surface area (Å²) in [4.78, 5) is 24.9. The molecule has 0 amide bonds. The number of nitrogens with zero attached hydrogens (tertiary/aromatic N) is 7. The minimum absolute atomic E-state index is 0.0552. The van der Waals surface area contributed by atoms with Crippen LogP contribution in [0.1, 0.15) is 30.6 Å². The number of thioether (sulfide) groups is 1. The van der Waals surface area contributed by atoms with Crippen LogP contribution >= 0.6 is 27.7 Å². The number of halogens is 1. The Hall–Kier alpha value is -3.63. The predicted molar refractivity (Wildman–Crippen MR) is 156 cm³/mol. The summed E-state index contributed by atoms with van der Waals surface area (Å²) < 4.78 is 15.1. The second kappa shape index (κ2) is 10.9. The van der Waals surface area contributed by atoms with Crippen LogP contribution < -0.4 is 5.73 Å². The maximum atomic E-state index is 12.7. The third-order valence-corrected chi connectivity index (χ3v) is 8.93. The lowest BCUT2D eigenvalue weighted by molar-refractivity contribution is -0.146. The first-order valence-corrected chi connectivity index (χ1v) is 15.0. The lowest BCUT2D eigenvalue weighted by Gasteiger charge is -2.16. The first-order chi connectivity index (χ1) is 20.4. The number of ether oxygens (including phenoxy) is 2. The number of imidazole rings is 1. The average molecular weight is 654 g/mol. The molecule has 5 aromatic rings. The summed E-state index contributed by atoms with van der Waals surface area (Å²) in [5, 5.41) is 32.5. The Morgan fingerprint density at radius 1 is 1.10 bits per heavy atom. The Labute approximate surface area is 251 Å². The molecule has 1 saturated heterocycles. The van der Waals surface area contributed by atoms with Gasteiger partial charge in [-0.15, -0.1) is 10.2 Å². The molecule has 1 aliphatic heterocycles. The van der Waals surface area contributed by atoms with Gasteiger partial charge in [-0.05, 0) is 51.7 Å². The summed E-state index contributed by atoms with van der Waals surface area (Å²) in [7, 11) is 0. The maximum absolute atomic E-state index is 12.7. The quantitative estimate of drug-likeness (QED) is 0.165. The van der Waals surface area contributed by atoms with E-state index >= 15 is 0 Å². The van der Waals surface area contributed by atoms with Crippen LogP contribution in [0.3, 0.4) is 0 Å². The molecule has 2 aromatic carbocycles. The molecule has 7 rings (SSSR count). The van der Waals surface area contributed by atoms with E-state index in [-0.39, 0.29) is 18.2 Å². The smallest absolute Gasteiger partial charge is 0.316 e. The number of aliphatic hydroxyl groups is 2. The zero-order valence-corrected chi connectivity index (χ0v) is 24.3. The van der Waals surface area contributed by atoms with Crippen LogP contribution in [-0.2, 0) is 14.3 Å². The van der Waals surface area contributed by atoms with Crippen LogP contribution in [0.25, 0.3) is 27.6 Å². The summed E-state index contributed by atoms with van der Waals surface area (Å²) in [6.45, 7) is -0.262. The SMILES string of the molecule is Nc1ncnc2c1ncn2C1OC(COC(=O)CSc2nnc(Br)n2-c2ccc(C3CC3)c3ccccc23)C(O)C1O. The minimum Gasteiger partial charge on any atom is -0.462 e. The molecule has 1 saturated carbocycles. The number of anilines is 1. The molecule has 42 heavy (non-hydrogen) atoms. The highest BCUT2D eigenvalue weighted by molar-refractivity contribution is 9.10. The molecule has 4 N–H and O–H groups in total. The molecule has 1 aliphatic carbocycles. The van der Waals surface area contributed by atoms with Gasteiger partial charge in [-0.3, -0.25) is 13.9 Å². The van der Waals surface area contributed by atoms with Crippen molar-refractivity contribution in [2.24, 2.45) is 0 Å². The van der Waals surface area contributed by atoms with Gasteiger partial charge in [0.25, 0.3) is 0 Å². The van der Waals surface area contributed by atoms with Gasteiger partial charge in [0.2, 0.25) is 4.73 Å². The standard InChI is InChI=1S/C27H25BrN8O5S/c28-26-33-34-27(36(26)17-8-7-14(13-5-6-13)15-3-1-2-4-16(15)17)42-10-19(37)40-9-18-21(38)22(39)25(41-18)35-12-32-20-23(29)30-11-31-24(20)35/h1-4,7-8,11-13,18,21-22,25,38-39H,5-6,9-10H2,(H2,29,30,31). The van der Waals surface area contributed by atoms with Gasteiger partial charge in [-0.25, -0.2) is 15.0 Å². The van der Waals surface area contributed by atoms with E-state index in [0.717, 1.165) is 11.1 Å². The highest BCUT2D eigenvalue weighted by atomic mass is 79.9. The molecule has 3 aromatic heterocycles. The van der Waals surface area contributed by atoms with E-state index in [1.807, 2.05) is 16.7 Å². The highest BCUT2D eigenvalue weighted by Gasteiger charge is 2.45. The fraction of sp³-hybridized carbons (Fsp3) is 0.333. The number of aliphatic hydroxyl groups excluding tert-OH is 2. The lowest BCUT2D eigenvalue weighted by Crippen LogP contribution is -2.34. The topological polar surface area (TPSA) is 176 Å². The second-order valence-corrected chi connectivity index (χ2v) is 11.8. The van der Waals surface area contributed by atoms with Crippen LogP contribution in [0, 0.1) is 0 Å².